The second kappa shape index (κ2) is 5.79. The van der Waals surface area contributed by atoms with Gasteiger partial charge in [0.1, 0.15) is 6.04 Å². The van der Waals surface area contributed by atoms with Crippen LogP contribution in [0.15, 0.2) is 42.5 Å². The Morgan fingerprint density at radius 1 is 1.18 bits per heavy atom. The Kier molecular flexibility index (Phi) is 3.84. The highest BCUT2D eigenvalue weighted by Crippen LogP contribution is 2.49. The molecule has 1 saturated carbocycles. The van der Waals surface area contributed by atoms with E-state index >= 15 is 0 Å². The molecule has 1 fully saturated rings. The Bertz CT molecular complexity index is 720. The summed E-state index contributed by atoms with van der Waals surface area (Å²) >= 11 is 0. The van der Waals surface area contributed by atoms with E-state index in [-0.39, 0.29) is 17.7 Å². The molecule has 4 nitrogen and oxygen atoms in total. The van der Waals surface area contributed by atoms with Crippen LogP contribution >= 0.6 is 0 Å². The second-order valence-electron chi connectivity index (χ2n) is 5.77. The lowest BCUT2D eigenvalue weighted by atomic mass is 10.00. The molecule has 1 amide bonds. The molecule has 0 aromatic heterocycles. The lowest BCUT2D eigenvalue weighted by Gasteiger charge is -2.11. The fourth-order valence-electron chi connectivity index (χ4n) is 2.96. The molecule has 4 heteroatoms. The second-order valence-corrected chi connectivity index (χ2v) is 5.77. The molecule has 0 aliphatic heterocycles. The van der Waals surface area contributed by atoms with Gasteiger partial charge in [0, 0.05) is 5.92 Å². The number of fused-ring (bicyclic) bond motifs is 1. The van der Waals surface area contributed by atoms with Gasteiger partial charge in [-0.05, 0) is 35.6 Å². The zero-order valence-corrected chi connectivity index (χ0v) is 12.7. The largest absolute Gasteiger partial charge is 0.467 e. The number of benzene rings is 2. The van der Waals surface area contributed by atoms with E-state index in [4.69, 9.17) is 0 Å². The van der Waals surface area contributed by atoms with Crippen LogP contribution in [-0.2, 0) is 14.3 Å². The van der Waals surface area contributed by atoms with Gasteiger partial charge in [-0.1, -0.05) is 42.5 Å². The Balaban J connectivity index is 1.73. The van der Waals surface area contributed by atoms with Crippen molar-refractivity contribution >= 4 is 22.6 Å². The summed E-state index contributed by atoms with van der Waals surface area (Å²) in [6.45, 7) is 1.64. The minimum absolute atomic E-state index is 0.0575. The topological polar surface area (TPSA) is 55.4 Å². The molecule has 0 radical (unpaired) electrons. The molecule has 1 aliphatic rings. The van der Waals surface area contributed by atoms with E-state index in [1.165, 1.54) is 23.4 Å². The Hall–Kier alpha value is -2.36. The van der Waals surface area contributed by atoms with E-state index in [1.807, 2.05) is 18.2 Å². The monoisotopic (exact) mass is 297 g/mol. The van der Waals surface area contributed by atoms with Crippen LogP contribution in [0, 0.1) is 5.92 Å². The molecule has 0 unspecified atom stereocenters. The van der Waals surface area contributed by atoms with E-state index in [2.05, 4.69) is 34.3 Å². The quantitative estimate of drug-likeness (QED) is 0.883. The van der Waals surface area contributed by atoms with Crippen molar-refractivity contribution < 1.29 is 14.3 Å². The number of hydrogen-bond donors (Lipinski definition) is 1. The molecule has 0 spiro atoms. The molecule has 22 heavy (non-hydrogen) atoms. The Labute approximate surface area is 129 Å². The number of esters is 1. The van der Waals surface area contributed by atoms with E-state index in [0.29, 0.717) is 0 Å². The van der Waals surface area contributed by atoms with Crippen molar-refractivity contribution in [2.45, 2.75) is 25.3 Å². The van der Waals surface area contributed by atoms with Crippen molar-refractivity contribution in [3.63, 3.8) is 0 Å². The maximum Gasteiger partial charge on any atom is 0.328 e. The van der Waals surface area contributed by atoms with Gasteiger partial charge in [0.2, 0.25) is 5.91 Å². The van der Waals surface area contributed by atoms with E-state index < -0.39 is 12.0 Å². The number of carbonyl (C=O) groups is 2. The fourth-order valence-corrected chi connectivity index (χ4v) is 2.96. The molecular weight excluding hydrogens is 278 g/mol. The minimum Gasteiger partial charge on any atom is -0.467 e. The molecule has 2 aromatic rings. The van der Waals surface area contributed by atoms with Crippen molar-refractivity contribution in [1.82, 2.24) is 5.32 Å². The molecule has 114 valence electrons. The molecule has 1 aliphatic carbocycles. The zero-order valence-electron chi connectivity index (χ0n) is 12.7. The average molecular weight is 297 g/mol. The number of ether oxygens (including phenoxy) is 1. The van der Waals surface area contributed by atoms with Gasteiger partial charge in [0.05, 0.1) is 7.11 Å². The van der Waals surface area contributed by atoms with Crippen molar-refractivity contribution in [3.05, 3.63) is 48.0 Å². The predicted octanol–water partition coefficient (Wildman–Crippen LogP) is 2.62. The Morgan fingerprint density at radius 2 is 1.91 bits per heavy atom. The fraction of sp³-hybridized carbons (Fsp3) is 0.333. The van der Waals surface area contributed by atoms with E-state index in [9.17, 15) is 9.59 Å². The smallest absolute Gasteiger partial charge is 0.328 e. The number of carbonyl (C=O) groups excluding carboxylic acids is 2. The zero-order chi connectivity index (χ0) is 15.7. The van der Waals surface area contributed by atoms with Gasteiger partial charge in [-0.25, -0.2) is 4.79 Å². The molecular formula is C18H19NO3. The van der Waals surface area contributed by atoms with Crippen molar-refractivity contribution in [2.24, 2.45) is 5.92 Å². The standard InChI is InChI=1S/C18H19NO3/c1-11(18(21)22-2)19-17(20)16-10-15(16)14-9-5-7-12-6-3-4-8-13(12)14/h3-9,11,15-16H,10H2,1-2H3,(H,19,20)/t11-,15+,16+/m0/s1. The Morgan fingerprint density at radius 3 is 2.68 bits per heavy atom. The van der Waals surface area contributed by atoms with Crippen molar-refractivity contribution in [2.75, 3.05) is 7.11 Å². The van der Waals surface area contributed by atoms with Gasteiger partial charge in [0.15, 0.2) is 0 Å². The number of methoxy groups -OCH3 is 1. The lowest BCUT2D eigenvalue weighted by molar-refractivity contribution is -0.144. The van der Waals surface area contributed by atoms with Crippen LogP contribution in [0.4, 0.5) is 0 Å². The molecule has 1 N–H and O–H groups in total. The van der Waals surface area contributed by atoms with Crippen molar-refractivity contribution in [3.8, 4) is 0 Å². The first-order valence-corrected chi connectivity index (χ1v) is 7.47. The van der Waals surface area contributed by atoms with Gasteiger partial charge < -0.3 is 10.1 Å². The highest BCUT2D eigenvalue weighted by Gasteiger charge is 2.45. The normalized spacial score (nSPS) is 21.2. The molecule has 0 bridgehead atoms. The first-order valence-electron chi connectivity index (χ1n) is 7.47. The van der Waals surface area contributed by atoms with Gasteiger partial charge in [0.25, 0.3) is 0 Å². The summed E-state index contributed by atoms with van der Waals surface area (Å²) in [7, 11) is 1.32. The molecule has 0 heterocycles. The van der Waals surface area contributed by atoms with Gasteiger partial charge in [-0.15, -0.1) is 0 Å². The van der Waals surface area contributed by atoms with E-state index in [0.717, 1.165) is 6.42 Å². The molecule has 3 atom stereocenters. The van der Waals surface area contributed by atoms with Crippen molar-refractivity contribution in [1.29, 1.82) is 0 Å². The average Bonchev–Trinajstić information content (AvgIpc) is 3.34. The third-order valence-corrected chi connectivity index (χ3v) is 4.26. The van der Waals surface area contributed by atoms with Gasteiger partial charge in [-0.2, -0.15) is 0 Å². The van der Waals surface area contributed by atoms with Crippen LogP contribution < -0.4 is 5.32 Å². The summed E-state index contributed by atoms with van der Waals surface area (Å²) in [5, 5.41) is 5.12. The summed E-state index contributed by atoms with van der Waals surface area (Å²) in [5.41, 5.74) is 1.21. The van der Waals surface area contributed by atoms with E-state index in [1.54, 1.807) is 6.92 Å². The first kappa shape index (κ1) is 14.6. The number of hydrogen-bond acceptors (Lipinski definition) is 3. The summed E-state index contributed by atoms with van der Waals surface area (Å²) in [5.74, 6) is -0.319. The number of nitrogens with one attached hydrogen (secondary N) is 1. The van der Waals surface area contributed by atoms with Crippen LogP contribution in [0.3, 0.4) is 0 Å². The highest BCUT2D eigenvalue weighted by molar-refractivity contribution is 5.91. The maximum atomic E-state index is 12.2. The lowest BCUT2D eigenvalue weighted by Crippen LogP contribution is -2.40. The SMILES string of the molecule is COC(=O)[C@H](C)NC(=O)[C@@H]1C[C@@H]1c1cccc2ccccc12. The first-order chi connectivity index (χ1) is 10.6. The third-order valence-electron chi connectivity index (χ3n) is 4.26. The van der Waals surface area contributed by atoms with Crippen LogP contribution in [0.5, 0.6) is 0 Å². The predicted molar refractivity (Wildman–Crippen MR) is 84.4 cm³/mol. The number of rotatable bonds is 4. The van der Waals surface area contributed by atoms with Gasteiger partial charge >= 0.3 is 5.97 Å². The summed E-state index contributed by atoms with van der Waals surface area (Å²) in [6.07, 6.45) is 0.827. The van der Waals surface area contributed by atoms with Crippen LogP contribution in [0.2, 0.25) is 0 Å². The molecule has 2 aromatic carbocycles. The summed E-state index contributed by atoms with van der Waals surface area (Å²) in [6, 6.07) is 13.8. The number of amides is 1. The van der Waals surface area contributed by atoms with Crippen LogP contribution in [0.25, 0.3) is 10.8 Å². The van der Waals surface area contributed by atoms with Crippen LogP contribution in [0.1, 0.15) is 24.8 Å². The van der Waals surface area contributed by atoms with Crippen LogP contribution in [-0.4, -0.2) is 25.0 Å². The highest BCUT2D eigenvalue weighted by atomic mass is 16.5. The third kappa shape index (κ3) is 2.69. The van der Waals surface area contributed by atoms with Gasteiger partial charge in [-0.3, -0.25) is 4.79 Å². The minimum atomic E-state index is -0.605. The maximum absolute atomic E-state index is 12.2. The summed E-state index contributed by atoms with van der Waals surface area (Å²) in [4.78, 5) is 23.6. The molecule has 0 saturated heterocycles. The summed E-state index contributed by atoms with van der Waals surface area (Å²) < 4.78 is 4.63. The molecule has 3 rings (SSSR count).